The normalized spacial score (nSPS) is 18.5. The number of aromatic hydroxyl groups is 1. The number of hydrogen-bond donors (Lipinski definition) is 3. The number of Topliss-reactive ketones (excluding diaryl/α,β-unsaturated/α-hetero) is 1. The van der Waals surface area contributed by atoms with E-state index in [1.165, 1.54) is 18.7 Å². The molecule has 262 valence electrons. The fourth-order valence-corrected chi connectivity index (χ4v) is 7.14. The van der Waals surface area contributed by atoms with Crippen molar-refractivity contribution in [2.45, 2.75) is 43.1 Å². The molecule has 0 aliphatic carbocycles. The van der Waals surface area contributed by atoms with Gasteiger partial charge in [0.25, 0.3) is 5.91 Å². The number of aliphatic hydroxyl groups is 1. The molecule has 2 heterocycles. The highest BCUT2D eigenvalue weighted by Crippen LogP contribution is 2.48. The molecule has 6 aromatic rings. The standard InChI is InChI=1S/C40H35N5O6S/c1-25(47)29-9-6-12-32(22-29)41-38(49)30-10-5-11-31(21-30)39-50-35(24-52-40-42-43-44-45(40)33-17-19-34(48)20-18-33)36(27-7-3-2-4-8-27)37(51-39)28-15-13-26(23-46)14-16-28/h2-22,35-37,39,46,48H,23-24H2,1H3,(H,41,49). The van der Waals surface area contributed by atoms with Crippen LogP contribution in [-0.2, 0) is 16.1 Å². The third kappa shape index (κ3) is 7.80. The molecule has 1 saturated heterocycles. The monoisotopic (exact) mass is 713 g/mol. The second-order valence-electron chi connectivity index (χ2n) is 12.3. The highest BCUT2D eigenvalue weighted by molar-refractivity contribution is 7.99. The fraction of sp³-hybridized carbons (Fsp3) is 0.175. The molecule has 1 aliphatic heterocycles. The van der Waals surface area contributed by atoms with E-state index in [0.29, 0.717) is 39.0 Å². The van der Waals surface area contributed by atoms with Gasteiger partial charge in [-0.25, -0.2) is 0 Å². The maximum Gasteiger partial charge on any atom is 0.255 e. The lowest BCUT2D eigenvalue weighted by Crippen LogP contribution is -2.38. The number of rotatable bonds is 11. The maximum absolute atomic E-state index is 13.4. The molecule has 3 N–H and O–H groups in total. The molecule has 1 aromatic heterocycles. The summed E-state index contributed by atoms with van der Waals surface area (Å²) >= 11 is 1.43. The summed E-state index contributed by atoms with van der Waals surface area (Å²) in [6.07, 6.45) is -1.75. The van der Waals surface area contributed by atoms with Crippen LogP contribution in [-0.4, -0.2) is 54.0 Å². The van der Waals surface area contributed by atoms with E-state index >= 15 is 0 Å². The van der Waals surface area contributed by atoms with Gasteiger partial charge < -0.3 is 25.0 Å². The molecule has 12 heteroatoms. The average Bonchev–Trinajstić information content (AvgIpc) is 3.66. The molecule has 1 fully saturated rings. The van der Waals surface area contributed by atoms with Crippen LogP contribution >= 0.6 is 11.8 Å². The summed E-state index contributed by atoms with van der Waals surface area (Å²) in [5.74, 6) is -0.118. The Morgan fingerprint density at radius 1 is 0.808 bits per heavy atom. The van der Waals surface area contributed by atoms with E-state index in [-0.39, 0.29) is 30.0 Å². The number of carbonyl (C=O) groups is 2. The van der Waals surface area contributed by atoms with Crippen molar-refractivity contribution in [2.75, 3.05) is 11.1 Å². The summed E-state index contributed by atoms with van der Waals surface area (Å²) in [5, 5.41) is 35.4. The number of benzene rings is 5. The van der Waals surface area contributed by atoms with Crippen LogP contribution in [0.25, 0.3) is 5.69 Å². The Balaban J connectivity index is 1.22. The second kappa shape index (κ2) is 15.7. The quantitative estimate of drug-likeness (QED) is 0.0943. The first-order valence-electron chi connectivity index (χ1n) is 16.6. The first-order chi connectivity index (χ1) is 25.4. The predicted molar refractivity (Wildman–Crippen MR) is 195 cm³/mol. The van der Waals surface area contributed by atoms with Crippen LogP contribution in [0.1, 0.15) is 68.2 Å². The number of aliphatic hydroxyl groups excluding tert-OH is 1. The van der Waals surface area contributed by atoms with Crippen LogP contribution in [0.4, 0.5) is 5.69 Å². The first-order valence-corrected chi connectivity index (χ1v) is 17.6. The van der Waals surface area contributed by atoms with Crippen molar-refractivity contribution in [3.8, 4) is 11.4 Å². The number of thioether (sulfide) groups is 1. The summed E-state index contributed by atoms with van der Waals surface area (Å²) in [5.41, 5.74) is 5.46. The number of nitrogens with zero attached hydrogens (tertiary/aromatic N) is 4. The summed E-state index contributed by atoms with van der Waals surface area (Å²) in [6, 6.07) is 38.3. The lowest BCUT2D eigenvalue weighted by atomic mass is 9.84. The van der Waals surface area contributed by atoms with Gasteiger partial charge in [0.15, 0.2) is 12.1 Å². The molecular formula is C40H35N5O6S. The lowest BCUT2D eigenvalue weighted by molar-refractivity contribution is -0.255. The third-order valence-corrected chi connectivity index (χ3v) is 9.84. The molecular weight excluding hydrogens is 679 g/mol. The number of hydrogen-bond acceptors (Lipinski definition) is 10. The van der Waals surface area contributed by atoms with E-state index in [1.807, 2.05) is 48.5 Å². The van der Waals surface area contributed by atoms with Crippen molar-refractivity contribution in [3.63, 3.8) is 0 Å². The van der Waals surface area contributed by atoms with E-state index in [9.17, 15) is 19.8 Å². The number of carbonyl (C=O) groups excluding carboxylic acids is 2. The number of ketones is 1. The number of ether oxygens (including phenoxy) is 2. The molecule has 7 rings (SSSR count). The Kier molecular flexibility index (Phi) is 10.5. The molecule has 1 aliphatic rings. The fourth-order valence-electron chi connectivity index (χ4n) is 6.18. The topological polar surface area (TPSA) is 149 Å². The van der Waals surface area contributed by atoms with Crippen LogP contribution in [0.2, 0.25) is 0 Å². The summed E-state index contributed by atoms with van der Waals surface area (Å²) in [6.45, 7) is 1.40. The largest absolute Gasteiger partial charge is 0.508 e. The van der Waals surface area contributed by atoms with Gasteiger partial charge in [-0.15, -0.1) is 5.10 Å². The van der Waals surface area contributed by atoms with Gasteiger partial charge in [-0.3, -0.25) is 9.59 Å². The maximum atomic E-state index is 13.4. The minimum absolute atomic E-state index is 0.0808. The Morgan fingerprint density at radius 3 is 2.29 bits per heavy atom. The molecule has 1 amide bonds. The van der Waals surface area contributed by atoms with Gasteiger partial charge in [-0.1, -0.05) is 90.6 Å². The van der Waals surface area contributed by atoms with Crippen molar-refractivity contribution >= 4 is 29.1 Å². The van der Waals surface area contributed by atoms with Crippen LogP contribution in [0.15, 0.2) is 133 Å². The van der Waals surface area contributed by atoms with E-state index in [1.54, 1.807) is 71.4 Å². The molecule has 4 atom stereocenters. The molecule has 0 radical (unpaired) electrons. The molecule has 0 spiro atoms. The van der Waals surface area contributed by atoms with Crippen LogP contribution in [0, 0.1) is 0 Å². The Morgan fingerprint density at radius 2 is 1.54 bits per heavy atom. The van der Waals surface area contributed by atoms with Gasteiger partial charge in [0.05, 0.1) is 24.5 Å². The van der Waals surface area contributed by atoms with E-state index in [2.05, 4.69) is 33.0 Å². The Labute approximate surface area is 304 Å². The summed E-state index contributed by atoms with van der Waals surface area (Å²) < 4.78 is 15.3. The average molecular weight is 714 g/mol. The number of phenolic OH excluding ortho intramolecular Hbond substituents is 1. The molecule has 0 bridgehead atoms. The zero-order valence-electron chi connectivity index (χ0n) is 28.1. The van der Waals surface area contributed by atoms with Gasteiger partial charge in [0.2, 0.25) is 5.16 Å². The lowest BCUT2D eigenvalue weighted by Gasteiger charge is -2.43. The third-order valence-electron chi connectivity index (χ3n) is 8.83. The zero-order valence-corrected chi connectivity index (χ0v) is 28.9. The SMILES string of the molecule is CC(=O)c1cccc(NC(=O)c2cccc(C3OC(CSc4nnnn4-c4ccc(O)cc4)C(c4ccccc4)C(c4ccc(CO)cc4)O3)c2)c1. The highest BCUT2D eigenvalue weighted by Gasteiger charge is 2.42. The Bertz CT molecular complexity index is 2160. The zero-order chi connectivity index (χ0) is 36.0. The van der Waals surface area contributed by atoms with Crippen molar-refractivity contribution in [2.24, 2.45) is 0 Å². The number of amides is 1. The second-order valence-corrected chi connectivity index (χ2v) is 13.3. The summed E-state index contributed by atoms with van der Waals surface area (Å²) in [7, 11) is 0. The van der Waals surface area contributed by atoms with E-state index in [4.69, 9.17) is 9.47 Å². The molecule has 11 nitrogen and oxygen atoms in total. The number of nitrogens with one attached hydrogen (secondary N) is 1. The minimum atomic E-state index is -0.852. The minimum Gasteiger partial charge on any atom is -0.508 e. The number of aromatic nitrogens is 4. The molecule has 52 heavy (non-hydrogen) atoms. The van der Waals surface area contributed by atoms with Gasteiger partial charge in [-0.2, -0.15) is 4.68 Å². The predicted octanol–water partition coefficient (Wildman–Crippen LogP) is 7.05. The van der Waals surface area contributed by atoms with Crippen molar-refractivity contribution in [1.29, 1.82) is 0 Å². The summed E-state index contributed by atoms with van der Waals surface area (Å²) in [4.78, 5) is 25.4. The van der Waals surface area contributed by atoms with Crippen molar-refractivity contribution < 1.29 is 29.3 Å². The van der Waals surface area contributed by atoms with Crippen molar-refractivity contribution in [3.05, 3.63) is 161 Å². The highest BCUT2D eigenvalue weighted by atomic mass is 32.2. The van der Waals surface area contributed by atoms with Gasteiger partial charge in [-0.05, 0) is 82.6 Å². The van der Waals surface area contributed by atoms with Crippen molar-refractivity contribution in [1.82, 2.24) is 20.2 Å². The Hall–Kier alpha value is -5.66. The number of tetrazole rings is 1. The first kappa shape index (κ1) is 34.8. The molecule has 0 saturated carbocycles. The van der Waals surface area contributed by atoms with Gasteiger partial charge >= 0.3 is 0 Å². The smallest absolute Gasteiger partial charge is 0.255 e. The molecule has 5 aromatic carbocycles. The van der Waals surface area contributed by atoms with Gasteiger partial charge in [0.1, 0.15) is 5.75 Å². The number of phenols is 1. The van der Waals surface area contributed by atoms with Crippen LogP contribution < -0.4 is 5.32 Å². The van der Waals surface area contributed by atoms with E-state index < -0.39 is 18.5 Å². The van der Waals surface area contributed by atoms with Gasteiger partial charge in [0, 0.05) is 34.0 Å². The number of anilines is 1. The van der Waals surface area contributed by atoms with Crippen LogP contribution in [0.3, 0.4) is 0 Å². The van der Waals surface area contributed by atoms with Crippen LogP contribution in [0.5, 0.6) is 5.75 Å². The molecule has 4 unspecified atom stereocenters. The van der Waals surface area contributed by atoms with E-state index in [0.717, 1.165) is 16.7 Å².